The first kappa shape index (κ1) is 18.2. The van der Waals surface area contributed by atoms with E-state index in [1.165, 1.54) is 0 Å². The van der Waals surface area contributed by atoms with Crippen molar-refractivity contribution in [3.63, 3.8) is 0 Å². The second-order valence-corrected chi connectivity index (χ2v) is 7.86. The molecule has 2 N–H and O–H groups in total. The Morgan fingerprint density at radius 2 is 2.12 bits per heavy atom. The lowest BCUT2D eigenvalue weighted by molar-refractivity contribution is -0.121. The summed E-state index contributed by atoms with van der Waals surface area (Å²) in [5.41, 5.74) is 2.59. The summed E-state index contributed by atoms with van der Waals surface area (Å²) in [5, 5.41) is 10.3. The number of anilines is 1. The highest BCUT2D eigenvalue weighted by atomic mass is 127. The van der Waals surface area contributed by atoms with Crippen LogP contribution in [0.1, 0.15) is 35.0 Å². The van der Waals surface area contributed by atoms with Gasteiger partial charge in [-0.1, -0.05) is 19.1 Å². The van der Waals surface area contributed by atoms with Crippen molar-refractivity contribution >= 4 is 52.0 Å². The number of benzene rings is 1. The van der Waals surface area contributed by atoms with Crippen molar-refractivity contribution in [2.75, 3.05) is 11.9 Å². The SMILES string of the molecule is CCCNC(=O)Cn1nc2c(c1NC(=O)c1ccccc1I)CSC2. The number of amides is 2. The number of carbonyl (C=O) groups excluding carboxylic acids is 2. The first-order chi connectivity index (χ1) is 12.1. The quantitative estimate of drug-likeness (QED) is 0.637. The van der Waals surface area contributed by atoms with Crippen LogP contribution in [0.4, 0.5) is 5.82 Å². The molecule has 0 unspecified atom stereocenters. The van der Waals surface area contributed by atoms with Crippen LogP contribution in [0.5, 0.6) is 0 Å². The molecule has 2 aromatic rings. The third-order valence-electron chi connectivity index (χ3n) is 3.83. The summed E-state index contributed by atoms with van der Waals surface area (Å²) in [4.78, 5) is 24.7. The van der Waals surface area contributed by atoms with Gasteiger partial charge in [0, 0.05) is 27.2 Å². The summed E-state index contributed by atoms with van der Waals surface area (Å²) in [6.45, 7) is 2.76. The van der Waals surface area contributed by atoms with Gasteiger partial charge in [0.25, 0.3) is 5.91 Å². The molecule has 6 nitrogen and oxygen atoms in total. The second kappa shape index (κ2) is 8.22. The molecule has 1 aromatic carbocycles. The Labute approximate surface area is 164 Å². The molecular weight excluding hydrogens is 451 g/mol. The summed E-state index contributed by atoms with van der Waals surface area (Å²) < 4.78 is 2.50. The van der Waals surface area contributed by atoms with Crippen molar-refractivity contribution in [2.45, 2.75) is 31.4 Å². The molecule has 8 heteroatoms. The predicted octanol–water partition coefficient (Wildman–Crippen LogP) is 3.01. The summed E-state index contributed by atoms with van der Waals surface area (Å²) in [6, 6.07) is 7.42. The normalized spacial score (nSPS) is 12.7. The molecular formula is C17H19IN4O2S. The van der Waals surface area contributed by atoms with Gasteiger partial charge in [-0.05, 0) is 41.1 Å². The molecule has 0 spiro atoms. The molecule has 0 bridgehead atoms. The Morgan fingerprint density at radius 3 is 2.88 bits per heavy atom. The van der Waals surface area contributed by atoms with Crippen molar-refractivity contribution < 1.29 is 9.59 Å². The fourth-order valence-electron chi connectivity index (χ4n) is 2.60. The second-order valence-electron chi connectivity index (χ2n) is 5.71. The first-order valence-corrected chi connectivity index (χ1v) is 10.3. The van der Waals surface area contributed by atoms with Crippen molar-refractivity contribution in [3.8, 4) is 0 Å². The van der Waals surface area contributed by atoms with Crippen LogP contribution in [-0.4, -0.2) is 28.1 Å². The van der Waals surface area contributed by atoms with E-state index in [1.807, 2.05) is 25.1 Å². The Kier molecular flexibility index (Phi) is 6.00. The van der Waals surface area contributed by atoms with Gasteiger partial charge >= 0.3 is 0 Å². The van der Waals surface area contributed by atoms with Crippen LogP contribution >= 0.6 is 34.4 Å². The molecule has 132 valence electrons. The van der Waals surface area contributed by atoms with E-state index in [2.05, 4.69) is 38.3 Å². The summed E-state index contributed by atoms with van der Waals surface area (Å²) >= 11 is 3.91. The minimum absolute atomic E-state index is 0.0968. The lowest BCUT2D eigenvalue weighted by Crippen LogP contribution is -2.29. The van der Waals surface area contributed by atoms with E-state index in [0.717, 1.165) is 32.8 Å². The monoisotopic (exact) mass is 470 g/mol. The van der Waals surface area contributed by atoms with Crippen molar-refractivity contribution in [2.24, 2.45) is 0 Å². The average Bonchev–Trinajstić information content (AvgIpc) is 3.16. The number of nitrogens with one attached hydrogen (secondary N) is 2. The minimum Gasteiger partial charge on any atom is -0.355 e. The van der Waals surface area contributed by atoms with Crippen molar-refractivity contribution in [1.29, 1.82) is 0 Å². The maximum absolute atomic E-state index is 12.7. The molecule has 1 aliphatic heterocycles. The fraction of sp³-hybridized carbons (Fsp3) is 0.353. The Morgan fingerprint density at radius 1 is 1.32 bits per heavy atom. The zero-order valence-corrected chi connectivity index (χ0v) is 16.8. The first-order valence-electron chi connectivity index (χ1n) is 8.09. The Balaban J connectivity index is 1.83. The van der Waals surface area contributed by atoms with Crippen molar-refractivity contribution in [1.82, 2.24) is 15.1 Å². The van der Waals surface area contributed by atoms with Crippen LogP contribution in [0.25, 0.3) is 0 Å². The molecule has 2 heterocycles. The van der Waals surface area contributed by atoms with Crippen LogP contribution in [0.3, 0.4) is 0 Å². The highest BCUT2D eigenvalue weighted by Crippen LogP contribution is 2.35. The molecule has 25 heavy (non-hydrogen) atoms. The van der Waals surface area contributed by atoms with Crippen molar-refractivity contribution in [3.05, 3.63) is 44.7 Å². The molecule has 2 amide bonds. The smallest absolute Gasteiger partial charge is 0.257 e. The maximum atomic E-state index is 12.7. The van der Waals surface area contributed by atoms with E-state index in [1.54, 1.807) is 22.5 Å². The van der Waals surface area contributed by atoms with Gasteiger partial charge in [-0.2, -0.15) is 16.9 Å². The van der Waals surface area contributed by atoms with E-state index in [9.17, 15) is 9.59 Å². The zero-order chi connectivity index (χ0) is 17.8. The highest BCUT2D eigenvalue weighted by Gasteiger charge is 2.25. The van der Waals surface area contributed by atoms with Gasteiger partial charge < -0.3 is 10.6 Å². The van der Waals surface area contributed by atoms with Gasteiger partial charge in [0.1, 0.15) is 12.4 Å². The van der Waals surface area contributed by atoms with E-state index in [4.69, 9.17) is 0 Å². The van der Waals surface area contributed by atoms with Gasteiger partial charge in [0.05, 0.1) is 11.3 Å². The maximum Gasteiger partial charge on any atom is 0.257 e. The lowest BCUT2D eigenvalue weighted by Gasteiger charge is -2.12. The summed E-state index contributed by atoms with van der Waals surface area (Å²) in [6.07, 6.45) is 0.883. The Bertz CT molecular complexity index is 806. The number of fused-ring (bicyclic) bond motifs is 1. The highest BCUT2D eigenvalue weighted by molar-refractivity contribution is 14.1. The molecule has 3 rings (SSSR count). The van der Waals surface area contributed by atoms with Crippen LogP contribution in [0, 0.1) is 3.57 Å². The molecule has 0 atom stereocenters. The molecule has 1 aromatic heterocycles. The van der Waals surface area contributed by atoms with Gasteiger partial charge in [0.2, 0.25) is 5.91 Å². The number of hydrogen-bond acceptors (Lipinski definition) is 4. The lowest BCUT2D eigenvalue weighted by atomic mass is 10.2. The molecule has 1 aliphatic rings. The minimum atomic E-state index is -0.181. The third kappa shape index (κ3) is 4.17. The van der Waals surface area contributed by atoms with Crippen LogP contribution in [-0.2, 0) is 22.8 Å². The number of aromatic nitrogens is 2. The zero-order valence-electron chi connectivity index (χ0n) is 13.8. The molecule has 0 radical (unpaired) electrons. The third-order valence-corrected chi connectivity index (χ3v) is 5.75. The van der Waals surface area contributed by atoms with Gasteiger partial charge in [-0.25, -0.2) is 4.68 Å². The van der Waals surface area contributed by atoms with E-state index in [-0.39, 0.29) is 18.4 Å². The Hall–Kier alpha value is -1.55. The molecule has 0 fully saturated rings. The van der Waals surface area contributed by atoms with E-state index in [0.29, 0.717) is 17.9 Å². The van der Waals surface area contributed by atoms with E-state index >= 15 is 0 Å². The largest absolute Gasteiger partial charge is 0.355 e. The number of thioether (sulfide) groups is 1. The van der Waals surface area contributed by atoms with Crippen LogP contribution in [0.15, 0.2) is 24.3 Å². The van der Waals surface area contributed by atoms with Crippen LogP contribution < -0.4 is 10.6 Å². The molecule has 0 saturated carbocycles. The van der Waals surface area contributed by atoms with E-state index < -0.39 is 0 Å². The van der Waals surface area contributed by atoms with Gasteiger partial charge in [-0.3, -0.25) is 9.59 Å². The topological polar surface area (TPSA) is 76.0 Å². The number of carbonyl (C=O) groups is 2. The summed E-state index contributed by atoms with van der Waals surface area (Å²) in [7, 11) is 0. The predicted molar refractivity (Wildman–Crippen MR) is 108 cm³/mol. The number of halogens is 1. The summed E-state index contributed by atoms with van der Waals surface area (Å²) in [5.74, 6) is 1.97. The molecule has 0 saturated heterocycles. The standard InChI is InChI=1S/C17H19IN4O2S/c1-2-7-19-15(23)8-22-16(12-9-25-10-14(12)21-22)20-17(24)11-5-3-4-6-13(11)18/h3-6H,2,7-10H2,1H3,(H,19,23)(H,20,24). The fourth-order valence-corrected chi connectivity index (χ4v) is 4.26. The van der Waals surface area contributed by atoms with Gasteiger partial charge in [-0.15, -0.1) is 0 Å². The number of hydrogen-bond donors (Lipinski definition) is 2. The van der Waals surface area contributed by atoms with Gasteiger partial charge in [0.15, 0.2) is 0 Å². The molecule has 0 aliphatic carbocycles. The van der Waals surface area contributed by atoms with Crippen LogP contribution in [0.2, 0.25) is 0 Å². The number of rotatable bonds is 6. The number of nitrogens with zero attached hydrogens (tertiary/aromatic N) is 2. The average molecular weight is 470 g/mol.